The summed E-state index contributed by atoms with van der Waals surface area (Å²) in [5.41, 5.74) is 6.85. The molecule has 0 atom stereocenters. The maximum Gasteiger partial charge on any atom is 0.410 e. The molecular formula is C25H32N4O6S2. The van der Waals surface area contributed by atoms with Gasteiger partial charge in [-0.2, -0.15) is 4.31 Å². The van der Waals surface area contributed by atoms with Gasteiger partial charge in [-0.1, -0.05) is 19.3 Å². The van der Waals surface area contributed by atoms with Crippen LogP contribution in [0.25, 0.3) is 0 Å². The highest BCUT2D eigenvalue weighted by Gasteiger charge is 2.31. The van der Waals surface area contributed by atoms with Crippen LogP contribution in [0, 0.1) is 0 Å². The summed E-state index contributed by atoms with van der Waals surface area (Å²) in [6.45, 7) is 2.63. The normalized spacial score (nSPS) is 16.4. The molecular weight excluding hydrogens is 516 g/mol. The topological polar surface area (TPSA) is 139 Å². The lowest BCUT2D eigenvalue weighted by molar-refractivity contribution is 0.0997. The molecule has 0 saturated heterocycles. The van der Waals surface area contributed by atoms with Crippen molar-refractivity contribution < 1.29 is 27.5 Å². The average Bonchev–Trinajstić information content (AvgIpc) is 3.26. The Bertz CT molecular complexity index is 1280. The Morgan fingerprint density at radius 1 is 1.16 bits per heavy atom. The third-order valence-corrected chi connectivity index (χ3v) is 10.00. The molecule has 1 aliphatic heterocycles. The molecule has 12 heteroatoms. The molecule has 37 heavy (non-hydrogen) atoms. The number of amides is 3. The number of hydrogen-bond acceptors (Lipinski definition) is 7. The van der Waals surface area contributed by atoms with E-state index >= 15 is 0 Å². The molecule has 10 nitrogen and oxygen atoms in total. The van der Waals surface area contributed by atoms with Gasteiger partial charge in [-0.15, -0.1) is 11.3 Å². The van der Waals surface area contributed by atoms with Gasteiger partial charge in [-0.3, -0.25) is 9.59 Å². The Morgan fingerprint density at radius 3 is 2.46 bits per heavy atom. The van der Waals surface area contributed by atoms with Gasteiger partial charge in [0.1, 0.15) is 5.00 Å². The van der Waals surface area contributed by atoms with E-state index in [1.54, 1.807) is 18.9 Å². The predicted octanol–water partition coefficient (Wildman–Crippen LogP) is 3.57. The zero-order valence-electron chi connectivity index (χ0n) is 21.0. The predicted molar refractivity (Wildman–Crippen MR) is 140 cm³/mol. The Labute approximate surface area is 220 Å². The zero-order chi connectivity index (χ0) is 26.7. The molecule has 0 unspecified atom stereocenters. The number of nitrogens with one attached hydrogen (secondary N) is 1. The quantitative estimate of drug-likeness (QED) is 0.542. The lowest BCUT2D eigenvalue weighted by atomic mass is 9.96. The van der Waals surface area contributed by atoms with Gasteiger partial charge >= 0.3 is 6.09 Å². The minimum atomic E-state index is -3.68. The van der Waals surface area contributed by atoms with E-state index in [0.717, 1.165) is 42.5 Å². The zero-order valence-corrected chi connectivity index (χ0v) is 22.6. The highest BCUT2D eigenvalue weighted by molar-refractivity contribution is 7.89. The van der Waals surface area contributed by atoms with Crippen LogP contribution in [0.15, 0.2) is 29.2 Å². The van der Waals surface area contributed by atoms with Crippen molar-refractivity contribution in [1.29, 1.82) is 0 Å². The molecule has 1 aromatic carbocycles. The number of ether oxygens (including phenoxy) is 1. The second kappa shape index (κ2) is 11.2. The van der Waals surface area contributed by atoms with Crippen molar-refractivity contribution in [3.05, 3.63) is 45.8 Å². The molecule has 1 fully saturated rings. The highest BCUT2D eigenvalue weighted by Crippen LogP contribution is 2.37. The van der Waals surface area contributed by atoms with E-state index in [2.05, 4.69) is 5.32 Å². The summed E-state index contributed by atoms with van der Waals surface area (Å²) < 4.78 is 32.7. The highest BCUT2D eigenvalue weighted by atomic mass is 32.2. The number of rotatable bonds is 7. The smallest absolute Gasteiger partial charge is 0.410 e. The molecule has 0 spiro atoms. The summed E-state index contributed by atoms with van der Waals surface area (Å²) in [5, 5.41) is 3.06. The lowest BCUT2D eigenvalue weighted by Gasteiger charge is -2.30. The molecule has 1 aromatic heterocycles. The fraction of sp³-hybridized carbons (Fsp3) is 0.480. The van der Waals surface area contributed by atoms with E-state index in [-0.39, 0.29) is 35.2 Å². The number of fused-ring (bicyclic) bond motifs is 1. The molecule has 2 heterocycles. The third-order valence-electron chi connectivity index (χ3n) is 6.94. The van der Waals surface area contributed by atoms with Gasteiger partial charge in [0.05, 0.1) is 23.6 Å². The standard InChI is InChI=1S/C25H32N4O6S2/c1-3-35-25(32)29-14-13-19-20(15-29)36-24(21(19)22(26)30)27-23(31)16-9-11-18(12-10-16)37(33,34)28(2)17-7-5-4-6-8-17/h9-12,17H,3-8,13-15H2,1-2H3,(H2,26,30)(H,27,31). The van der Waals surface area contributed by atoms with Gasteiger partial charge in [-0.05, 0) is 56.0 Å². The molecule has 2 aromatic rings. The Morgan fingerprint density at radius 2 is 1.84 bits per heavy atom. The summed E-state index contributed by atoms with van der Waals surface area (Å²) >= 11 is 1.19. The Balaban J connectivity index is 1.50. The number of anilines is 1. The van der Waals surface area contributed by atoms with Crippen molar-refractivity contribution in [1.82, 2.24) is 9.21 Å². The molecule has 0 bridgehead atoms. The average molecular weight is 549 g/mol. The van der Waals surface area contributed by atoms with Crippen molar-refractivity contribution >= 4 is 44.3 Å². The van der Waals surface area contributed by atoms with Gasteiger partial charge in [0, 0.05) is 30.1 Å². The maximum absolute atomic E-state index is 13.1. The number of nitrogens with two attached hydrogens (primary N) is 1. The molecule has 200 valence electrons. The van der Waals surface area contributed by atoms with Crippen LogP contribution in [0.2, 0.25) is 0 Å². The number of hydrogen-bond donors (Lipinski definition) is 2. The minimum absolute atomic E-state index is 0.0152. The van der Waals surface area contributed by atoms with E-state index in [1.165, 1.54) is 39.9 Å². The number of nitrogens with zero attached hydrogens (tertiary/aromatic N) is 2. The van der Waals surface area contributed by atoms with E-state index in [1.807, 2.05) is 0 Å². The summed E-state index contributed by atoms with van der Waals surface area (Å²) in [6.07, 6.45) is 4.84. The monoisotopic (exact) mass is 548 g/mol. The lowest BCUT2D eigenvalue weighted by Crippen LogP contribution is -2.38. The Kier molecular flexibility index (Phi) is 8.20. The SMILES string of the molecule is CCOC(=O)N1CCc2c(sc(NC(=O)c3ccc(S(=O)(=O)N(C)C4CCCCC4)cc3)c2C(N)=O)C1. The van der Waals surface area contributed by atoms with Crippen molar-refractivity contribution in [2.45, 2.75) is 62.9 Å². The first-order valence-corrected chi connectivity index (χ1v) is 14.6. The molecule has 3 N–H and O–H groups in total. The van der Waals surface area contributed by atoms with Crippen LogP contribution in [0.5, 0.6) is 0 Å². The van der Waals surface area contributed by atoms with Crippen LogP contribution in [0.4, 0.5) is 9.80 Å². The molecule has 0 radical (unpaired) electrons. The number of benzene rings is 1. The molecule has 1 aliphatic carbocycles. The first kappa shape index (κ1) is 27.1. The van der Waals surface area contributed by atoms with Crippen LogP contribution < -0.4 is 11.1 Å². The second-order valence-corrected chi connectivity index (χ2v) is 12.3. The van der Waals surface area contributed by atoms with Gasteiger partial charge < -0.3 is 20.7 Å². The fourth-order valence-corrected chi connectivity index (χ4v) is 7.56. The van der Waals surface area contributed by atoms with Crippen LogP contribution in [0.1, 0.15) is 70.2 Å². The number of sulfonamides is 1. The number of thiophene rings is 1. The number of carbonyl (C=O) groups excluding carboxylic acids is 3. The molecule has 1 saturated carbocycles. The van der Waals surface area contributed by atoms with Crippen LogP contribution in [-0.2, 0) is 27.7 Å². The first-order chi connectivity index (χ1) is 17.6. The van der Waals surface area contributed by atoms with Gasteiger partial charge in [0.25, 0.3) is 11.8 Å². The van der Waals surface area contributed by atoms with E-state index in [4.69, 9.17) is 10.5 Å². The van der Waals surface area contributed by atoms with Gasteiger partial charge in [-0.25, -0.2) is 13.2 Å². The van der Waals surface area contributed by atoms with Crippen molar-refractivity contribution in [3.63, 3.8) is 0 Å². The summed E-state index contributed by atoms with van der Waals surface area (Å²) in [5.74, 6) is -1.16. The maximum atomic E-state index is 13.1. The number of carbonyl (C=O) groups is 3. The van der Waals surface area contributed by atoms with Gasteiger partial charge in [0.2, 0.25) is 10.0 Å². The van der Waals surface area contributed by atoms with Crippen molar-refractivity contribution in [2.75, 3.05) is 25.5 Å². The largest absolute Gasteiger partial charge is 0.450 e. The van der Waals surface area contributed by atoms with Crippen molar-refractivity contribution in [3.8, 4) is 0 Å². The summed E-state index contributed by atoms with van der Waals surface area (Å²) in [4.78, 5) is 39.8. The molecule has 2 aliphatic rings. The second-order valence-electron chi connectivity index (χ2n) is 9.23. The first-order valence-electron chi connectivity index (χ1n) is 12.4. The van der Waals surface area contributed by atoms with Crippen LogP contribution >= 0.6 is 11.3 Å². The molecule has 3 amide bonds. The third kappa shape index (κ3) is 5.65. The van der Waals surface area contributed by atoms with Crippen LogP contribution in [-0.4, -0.2) is 61.8 Å². The number of primary amides is 1. The summed E-state index contributed by atoms with van der Waals surface area (Å²) in [6, 6.07) is 5.75. The van der Waals surface area contributed by atoms with E-state index < -0.39 is 27.9 Å². The van der Waals surface area contributed by atoms with E-state index in [9.17, 15) is 22.8 Å². The van der Waals surface area contributed by atoms with Crippen LogP contribution in [0.3, 0.4) is 0 Å². The Hall–Kier alpha value is -2.96. The summed E-state index contributed by atoms with van der Waals surface area (Å²) in [7, 11) is -2.07. The fourth-order valence-electron chi connectivity index (χ4n) is 4.88. The van der Waals surface area contributed by atoms with Crippen molar-refractivity contribution in [2.24, 2.45) is 5.73 Å². The molecule has 4 rings (SSSR count). The van der Waals surface area contributed by atoms with Gasteiger partial charge in [0.15, 0.2) is 0 Å². The minimum Gasteiger partial charge on any atom is -0.450 e. The van der Waals surface area contributed by atoms with E-state index in [0.29, 0.717) is 18.0 Å².